The third-order valence-electron chi connectivity index (χ3n) is 3.44. The molecule has 0 saturated carbocycles. The number of hydrogen-bond acceptors (Lipinski definition) is 4. The fraction of sp³-hybridized carbons (Fsp3) is 0.375. The van der Waals surface area contributed by atoms with Gasteiger partial charge in [0.25, 0.3) is 5.91 Å². The first-order valence-corrected chi connectivity index (χ1v) is 7.89. The summed E-state index contributed by atoms with van der Waals surface area (Å²) in [5, 5.41) is 3.15. The van der Waals surface area contributed by atoms with E-state index in [0.29, 0.717) is 20.5 Å². The lowest BCUT2D eigenvalue weighted by Gasteiger charge is -2.11. The first-order valence-electron chi connectivity index (χ1n) is 7.08. The molecule has 2 aromatic rings. The summed E-state index contributed by atoms with van der Waals surface area (Å²) in [6.07, 6.45) is 0.800. The molecule has 0 fully saturated rings. The number of amides is 1. The molecule has 2 rings (SSSR count). The van der Waals surface area contributed by atoms with Crippen molar-refractivity contribution in [2.75, 3.05) is 6.61 Å². The fourth-order valence-electron chi connectivity index (χ4n) is 2.06. The summed E-state index contributed by atoms with van der Waals surface area (Å²) in [6.45, 7) is 5.17. The quantitative estimate of drug-likeness (QED) is 0.858. The number of hydrogen-bond donors (Lipinski definition) is 1. The molecule has 0 spiro atoms. The predicted molar refractivity (Wildman–Crippen MR) is 84.7 cm³/mol. The Balaban J connectivity index is 2.09. The van der Waals surface area contributed by atoms with E-state index in [1.807, 2.05) is 13.8 Å². The lowest BCUT2D eigenvalue weighted by molar-refractivity contribution is -0.124. The van der Waals surface area contributed by atoms with Crippen LogP contribution in [0.3, 0.4) is 0 Å². The molecule has 1 aromatic carbocycles. The second kappa shape index (κ2) is 6.87. The van der Waals surface area contributed by atoms with Gasteiger partial charge in [0, 0.05) is 16.1 Å². The second-order valence-electron chi connectivity index (χ2n) is 5.12. The van der Waals surface area contributed by atoms with Crippen LogP contribution < -0.4 is 5.32 Å². The SMILES string of the molecule is CC[C@@H](C)NC(=O)COC(=O)c1sc2cccc(F)c2c1C. The molecule has 4 nitrogen and oxygen atoms in total. The van der Waals surface area contributed by atoms with Crippen molar-refractivity contribution in [3.63, 3.8) is 0 Å². The van der Waals surface area contributed by atoms with Crippen LogP contribution in [0.15, 0.2) is 18.2 Å². The molecule has 1 atom stereocenters. The summed E-state index contributed by atoms with van der Waals surface area (Å²) in [5.41, 5.74) is 0.547. The molecule has 0 unspecified atom stereocenters. The molecule has 0 saturated heterocycles. The number of thiophene rings is 1. The molecule has 22 heavy (non-hydrogen) atoms. The van der Waals surface area contributed by atoms with Gasteiger partial charge in [-0.3, -0.25) is 4.79 Å². The fourth-order valence-corrected chi connectivity index (χ4v) is 3.18. The van der Waals surface area contributed by atoms with E-state index in [9.17, 15) is 14.0 Å². The van der Waals surface area contributed by atoms with Crippen LogP contribution in [0.5, 0.6) is 0 Å². The zero-order chi connectivity index (χ0) is 16.3. The molecule has 0 radical (unpaired) electrons. The number of ether oxygens (including phenoxy) is 1. The molecule has 1 aromatic heterocycles. The van der Waals surface area contributed by atoms with Crippen molar-refractivity contribution in [2.45, 2.75) is 33.2 Å². The van der Waals surface area contributed by atoms with Gasteiger partial charge < -0.3 is 10.1 Å². The van der Waals surface area contributed by atoms with Crippen LogP contribution in [0.25, 0.3) is 10.1 Å². The third kappa shape index (κ3) is 3.44. The smallest absolute Gasteiger partial charge is 0.349 e. The predicted octanol–water partition coefficient (Wildman–Crippen LogP) is 3.42. The van der Waals surface area contributed by atoms with Gasteiger partial charge in [0.05, 0.1) is 0 Å². The van der Waals surface area contributed by atoms with Gasteiger partial charge in [-0.05, 0) is 38.0 Å². The molecule has 0 aliphatic heterocycles. The Labute approximate surface area is 132 Å². The van der Waals surface area contributed by atoms with Crippen molar-refractivity contribution in [1.29, 1.82) is 0 Å². The topological polar surface area (TPSA) is 55.4 Å². The highest BCUT2D eigenvalue weighted by atomic mass is 32.1. The lowest BCUT2D eigenvalue weighted by atomic mass is 10.1. The van der Waals surface area contributed by atoms with Gasteiger partial charge in [0.2, 0.25) is 0 Å². The molecule has 0 bridgehead atoms. The van der Waals surface area contributed by atoms with Crippen LogP contribution in [0.1, 0.15) is 35.5 Å². The molecule has 0 aliphatic rings. The van der Waals surface area contributed by atoms with Crippen LogP contribution in [0.2, 0.25) is 0 Å². The standard InChI is InChI=1S/C16H18FNO3S/c1-4-9(2)18-13(19)8-21-16(20)15-10(3)14-11(17)6-5-7-12(14)22-15/h5-7,9H,4,8H2,1-3H3,(H,18,19)/t9-/m1/s1. The minimum atomic E-state index is -0.600. The average Bonchev–Trinajstić information content (AvgIpc) is 2.83. The van der Waals surface area contributed by atoms with Crippen molar-refractivity contribution in [2.24, 2.45) is 0 Å². The van der Waals surface area contributed by atoms with Crippen molar-refractivity contribution in [3.05, 3.63) is 34.5 Å². The van der Waals surface area contributed by atoms with Crippen LogP contribution in [0.4, 0.5) is 4.39 Å². The number of benzene rings is 1. The first kappa shape index (κ1) is 16.4. The van der Waals surface area contributed by atoms with Gasteiger partial charge in [-0.1, -0.05) is 13.0 Å². The Bertz CT molecular complexity index is 711. The first-order chi connectivity index (χ1) is 10.4. The van der Waals surface area contributed by atoms with E-state index in [2.05, 4.69) is 5.32 Å². The third-order valence-corrected chi connectivity index (χ3v) is 4.68. The van der Waals surface area contributed by atoms with E-state index in [1.165, 1.54) is 17.4 Å². The summed E-state index contributed by atoms with van der Waals surface area (Å²) >= 11 is 1.17. The number of esters is 1. The lowest BCUT2D eigenvalue weighted by Crippen LogP contribution is -2.35. The zero-order valence-corrected chi connectivity index (χ0v) is 13.6. The van der Waals surface area contributed by atoms with Gasteiger partial charge in [0.15, 0.2) is 6.61 Å². The minimum Gasteiger partial charge on any atom is -0.451 e. The minimum absolute atomic E-state index is 0.0337. The Morgan fingerprint density at radius 3 is 2.77 bits per heavy atom. The molecular formula is C16H18FNO3S. The number of halogens is 1. The van der Waals surface area contributed by atoms with Crippen molar-refractivity contribution in [1.82, 2.24) is 5.32 Å². The van der Waals surface area contributed by atoms with Crippen LogP contribution in [-0.2, 0) is 9.53 Å². The van der Waals surface area contributed by atoms with Crippen LogP contribution in [0, 0.1) is 12.7 Å². The van der Waals surface area contributed by atoms with Gasteiger partial charge in [-0.15, -0.1) is 11.3 Å². The molecule has 6 heteroatoms. The maximum atomic E-state index is 13.8. The monoisotopic (exact) mass is 323 g/mol. The normalized spacial score (nSPS) is 12.2. The number of rotatable bonds is 5. The number of carbonyl (C=O) groups is 2. The average molecular weight is 323 g/mol. The van der Waals surface area contributed by atoms with Gasteiger partial charge in [-0.25, -0.2) is 9.18 Å². The molecule has 118 valence electrons. The Hall–Kier alpha value is -1.95. The largest absolute Gasteiger partial charge is 0.451 e. The van der Waals surface area contributed by atoms with Gasteiger partial charge in [0.1, 0.15) is 10.7 Å². The summed E-state index contributed by atoms with van der Waals surface area (Å²) in [7, 11) is 0. The molecule has 1 amide bonds. The number of fused-ring (bicyclic) bond motifs is 1. The van der Waals surface area contributed by atoms with E-state index in [0.717, 1.165) is 6.42 Å². The maximum absolute atomic E-state index is 13.8. The van der Waals surface area contributed by atoms with Crippen LogP contribution in [-0.4, -0.2) is 24.5 Å². The zero-order valence-electron chi connectivity index (χ0n) is 12.7. The summed E-state index contributed by atoms with van der Waals surface area (Å²) in [6, 6.07) is 4.74. The summed E-state index contributed by atoms with van der Waals surface area (Å²) in [5.74, 6) is -1.30. The molecular weight excluding hydrogens is 305 g/mol. The highest BCUT2D eigenvalue weighted by Gasteiger charge is 2.19. The van der Waals surface area contributed by atoms with Crippen molar-refractivity contribution >= 4 is 33.3 Å². The van der Waals surface area contributed by atoms with Crippen molar-refractivity contribution in [3.8, 4) is 0 Å². The van der Waals surface area contributed by atoms with Gasteiger partial charge >= 0.3 is 5.97 Å². The second-order valence-corrected chi connectivity index (χ2v) is 6.17. The number of nitrogens with one attached hydrogen (secondary N) is 1. The molecule has 0 aliphatic carbocycles. The van der Waals surface area contributed by atoms with E-state index in [4.69, 9.17) is 4.74 Å². The van der Waals surface area contributed by atoms with Crippen molar-refractivity contribution < 1.29 is 18.7 Å². The number of aryl methyl sites for hydroxylation is 1. The Morgan fingerprint density at radius 2 is 2.14 bits per heavy atom. The molecule has 1 heterocycles. The van der Waals surface area contributed by atoms with E-state index in [-0.39, 0.29) is 24.4 Å². The molecule has 1 N–H and O–H groups in total. The highest BCUT2D eigenvalue weighted by Crippen LogP contribution is 2.32. The van der Waals surface area contributed by atoms with E-state index in [1.54, 1.807) is 19.1 Å². The van der Waals surface area contributed by atoms with Crippen LogP contribution >= 0.6 is 11.3 Å². The summed E-state index contributed by atoms with van der Waals surface area (Å²) in [4.78, 5) is 24.0. The van der Waals surface area contributed by atoms with E-state index < -0.39 is 5.97 Å². The van der Waals surface area contributed by atoms with E-state index >= 15 is 0 Å². The number of carbonyl (C=O) groups excluding carboxylic acids is 2. The maximum Gasteiger partial charge on any atom is 0.349 e. The Kier molecular flexibility index (Phi) is 5.13. The summed E-state index contributed by atoms with van der Waals surface area (Å²) < 4.78 is 19.5. The Morgan fingerprint density at radius 1 is 1.41 bits per heavy atom. The van der Waals surface area contributed by atoms with Gasteiger partial charge in [-0.2, -0.15) is 0 Å². The highest BCUT2D eigenvalue weighted by molar-refractivity contribution is 7.21.